The Balaban J connectivity index is 0.00000145. The fourth-order valence-corrected chi connectivity index (χ4v) is 7.13. The van der Waals surface area contributed by atoms with Crippen molar-refractivity contribution in [1.82, 2.24) is 46.6 Å². The predicted octanol–water partition coefficient (Wildman–Crippen LogP) is -0.795. The van der Waals surface area contributed by atoms with Gasteiger partial charge in [0, 0.05) is 71.7 Å². The number of carbonyl (C=O) groups excluding carboxylic acids is 7. The van der Waals surface area contributed by atoms with Crippen LogP contribution in [0.2, 0.25) is 0 Å². The second kappa shape index (κ2) is 41.9. The summed E-state index contributed by atoms with van der Waals surface area (Å²) in [5.74, 6) is -7.09. The van der Waals surface area contributed by atoms with Gasteiger partial charge in [-0.05, 0) is 51.4 Å². The van der Waals surface area contributed by atoms with Crippen LogP contribution in [-0.4, -0.2) is 193 Å². The molecule has 1 aromatic rings. The molecule has 9 N–H and O–H groups in total. The molecule has 0 fully saturated rings. The molecule has 0 aliphatic carbocycles. The minimum Gasteiger partial charge on any atom is -0.481 e. The van der Waals surface area contributed by atoms with Gasteiger partial charge in [0.15, 0.2) is 11.6 Å². The Morgan fingerprint density at radius 1 is 0.630 bits per heavy atom. The molecule has 1 unspecified atom stereocenters. The van der Waals surface area contributed by atoms with Gasteiger partial charge in [0.05, 0.1) is 56.0 Å². The van der Waals surface area contributed by atoms with Crippen molar-refractivity contribution in [2.24, 2.45) is 11.8 Å². The van der Waals surface area contributed by atoms with E-state index in [9.17, 15) is 66.6 Å². The summed E-state index contributed by atoms with van der Waals surface area (Å²) in [6.07, 6.45) is 3.22. The van der Waals surface area contributed by atoms with Gasteiger partial charge >= 0.3 is 17.9 Å². The van der Waals surface area contributed by atoms with Gasteiger partial charge in [-0.2, -0.15) is 5.21 Å². The summed E-state index contributed by atoms with van der Waals surface area (Å²) in [6, 6.07) is -1.03. The van der Waals surface area contributed by atoms with Crippen molar-refractivity contribution in [3.63, 3.8) is 0 Å². The third kappa shape index (κ3) is 39.6. The largest absolute Gasteiger partial charge is 0.481 e. The van der Waals surface area contributed by atoms with Crippen LogP contribution in [0, 0.1) is 11.8 Å². The highest BCUT2D eigenvalue weighted by Gasteiger charge is 2.23. The monoisotopic (exact) mass is 1130 g/mol. The third-order valence-corrected chi connectivity index (χ3v) is 11.8. The number of ketones is 2. The number of aliphatic carboxylic acids is 3. The summed E-state index contributed by atoms with van der Waals surface area (Å²) >= 11 is 3.03. The van der Waals surface area contributed by atoms with Crippen LogP contribution >= 0.6 is 15.9 Å². The first-order valence-electron chi connectivity index (χ1n) is 23.6. The minimum absolute atomic E-state index is 0.00343. The molecular weight excluding hydrogens is 1060 g/mol. The molecule has 0 bridgehead atoms. The van der Waals surface area contributed by atoms with Gasteiger partial charge in [-0.15, -0.1) is 10.2 Å². The number of carboxylic acid groups (broad SMARTS) is 3. The van der Waals surface area contributed by atoms with Crippen LogP contribution < -0.4 is 26.0 Å². The number of nitrogens with one attached hydrogen (secondary N) is 6. The fraction of sp³-hybridized carbons (Fsp3) is 0.744. The van der Waals surface area contributed by atoms with E-state index in [2.05, 4.69) is 57.8 Å². The molecule has 0 aliphatic heterocycles. The highest BCUT2D eigenvalue weighted by molar-refractivity contribution is 9.09. The maximum absolute atomic E-state index is 12.0. The molecule has 0 saturated heterocycles. The molecule has 30 heteroatoms. The standard InChI is InChI=1S/C22H37N7O10S.C21H35BrN2O9/c1-23-19(31)8-7-16(22(34)35)14-17(30)15-39-12-11-38-10-9-24-20(32)6-3-13-40(36,37)27-21(33)5-2-4-18-25-28-29-26-18;1-15(20(28)29)7-8-16(25)5-4-10-32-11-12-33-14-19(27)24-17(21(30)31)6-2-3-9-23-18(26)13-22/h16H,2-15H2,1H3,(H,23,31)(H,24,32)(H,27,33)(H,34,35)(H,25,26,28,29);15,17H,2-14H2,1H3,(H,23,26)(H,24,27)(H,28,29)(H,30,31)/t16-;15?,17-/m10/s1. The van der Waals surface area contributed by atoms with Crippen LogP contribution in [0.3, 0.4) is 0 Å². The molecule has 0 radical (unpaired) electrons. The molecule has 1 heterocycles. The first kappa shape index (κ1) is 67.4. The Hall–Kier alpha value is -5.56. The van der Waals surface area contributed by atoms with E-state index < -0.39 is 63.4 Å². The van der Waals surface area contributed by atoms with Crippen molar-refractivity contribution < 1.29 is 90.6 Å². The smallest absolute Gasteiger partial charge is 0.326 e. The lowest BCUT2D eigenvalue weighted by molar-refractivity contribution is -0.145. The molecule has 28 nitrogen and oxygen atoms in total. The van der Waals surface area contributed by atoms with E-state index in [1.807, 2.05) is 4.72 Å². The first-order valence-corrected chi connectivity index (χ1v) is 26.3. The zero-order valence-corrected chi connectivity index (χ0v) is 43.7. The van der Waals surface area contributed by atoms with Crippen LogP contribution in [0.5, 0.6) is 0 Å². The van der Waals surface area contributed by atoms with Crippen molar-refractivity contribution in [2.75, 3.05) is 84.1 Å². The number of halogens is 1. The van der Waals surface area contributed by atoms with Crippen molar-refractivity contribution in [3.8, 4) is 0 Å². The van der Waals surface area contributed by atoms with E-state index in [0.717, 1.165) is 0 Å². The van der Waals surface area contributed by atoms with Gasteiger partial charge in [0.1, 0.15) is 25.0 Å². The lowest BCUT2D eigenvalue weighted by Crippen LogP contribution is -2.42. The van der Waals surface area contributed by atoms with Crippen molar-refractivity contribution in [3.05, 3.63) is 5.82 Å². The normalized spacial score (nSPS) is 12.2. The van der Waals surface area contributed by atoms with Gasteiger partial charge in [-0.1, -0.05) is 28.1 Å². The Morgan fingerprint density at radius 3 is 1.92 bits per heavy atom. The Labute approximate surface area is 431 Å². The number of aromatic nitrogens is 4. The van der Waals surface area contributed by atoms with E-state index in [4.69, 9.17) is 24.1 Å². The molecule has 416 valence electrons. The van der Waals surface area contributed by atoms with E-state index in [0.29, 0.717) is 63.9 Å². The molecule has 0 aliphatic rings. The van der Waals surface area contributed by atoms with Crippen LogP contribution in [0.1, 0.15) is 103 Å². The highest BCUT2D eigenvalue weighted by atomic mass is 79.9. The first-order chi connectivity index (χ1) is 34.7. The molecule has 5 amide bonds. The van der Waals surface area contributed by atoms with Crippen molar-refractivity contribution in [1.29, 1.82) is 0 Å². The number of hydrogen-bond acceptors (Lipinski definition) is 19. The Morgan fingerprint density at radius 2 is 1.29 bits per heavy atom. The second-order valence-electron chi connectivity index (χ2n) is 16.2. The average Bonchev–Trinajstić information content (AvgIpc) is 3.86. The number of unbranched alkanes of at least 4 members (excludes halogenated alkanes) is 1. The number of H-pyrrole nitrogens is 1. The number of amides is 5. The molecule has 0 saturated carbocycles. The number of rotatable bonds is 44. The number of alkyl halides is 1. The van der Waals surface area contributed by atoms with E-state index in [1.165, 1.54) is 7.05 Å². The van der Waals surface area contributed by atoms with Gasteiger partial charge in [-0.3, -0.25) is 47.9 Å². The number of nitrogens with zero attached hydrogens (tertiary/aromatic N) is 3. The lowest BCUT2D eigenvalue weighted by atomic mass is 9.97. The SMILES string of the molecule is CC(CCC(=O)CCCOCCOCC(=O)N[C@@H](CCCCNC(=O)CBr)C(=O)O)C(=O)O.CNC(=O)CC[C@H](CC(=O)COCCOCCNC(=O)CCCS(=O)(=O)NC(=O)CCCc1nn[nH]n1)C(=O)O. The van der Waals surface area contributed by atoms with Gasteiger partial charge in [0.2, 0.25) is 39.6 Å². The molecule has 1 rings (SSSR count). The average molecular weight is 1130 g/mol. The summed E-state index contributed by atoms with van der Waals surface area (Å²) in [5.41, 5.74) is 0. The maximum atomic E-state index is 12.0. The molecule has 1 aromatic heterocycles. The summed E-state index contributed by atoms with van der Waals surface area (Å²) < 4.78 is 46.9. The fourth-order valence-electron chi connectivity index (χ4n) is 5.85. The van der Waals surface area contributed by atoms with E-state index in [1.54, 1.807) is 6.92 Å². The topological polar surface area (TPSA) is 417 Å². The molecule has 0 spiro atoms. The van der Waals surface area contributed by atoms with Crippen LogP contribution in [0.25, 0.3) is 0 Å². The van der Waals surface area contributed by atoms with Crippen molar-refractivity contribution in [2.45, 2.75) is 109 Å². The van der Waals surface area contributed by atoms with Crippen LogP contribution in [0.4, 0.5) is 0 Å². The molecule has 73 heavy (non-hydrogen) atoms. The summed E-state index contributed by atoms with van der Waals surface area (Å²) in [4.78, 5) is 115. The van der Waals surface area contributed by atoms with Crippen LogP contribution in [-0.2, 0) is 83.3 Å². The number of Topliss-reactive ketones (excluding diaryl/α,β-unsaturated/α-hetero) is 2. The lowest BCUT2D eigenvalue weighted by Gasteiger charge is -2.14. The zero-order chi connectivity index (χ0) is 54.9. The number of sulfonamides is 1. The summed E-state index contributed by atoms with van der Waals surface area (Å²) in [6.45, 7) is 2.67. The van der Waals surface area contributed by atoms with Gasteiger partial charge < -0.3 is 55.5 Å². The Bertz CT molecular complexity index is 1950. The van der Waals surface area contributed by atoms with E-state index >= 15 is 0 Å². The number of hydrogen-bond donors (Lipinski definition) is 9. The number of aryl methyl sites for hydroxylation is 1. The Kier molecular flexibility index (Phi) is 38.7. The minimum atomic E-state index is -3.86. The number of ether oxygens (including phenoxy) is 4. The second-order valence-corrected chi connectivity index (χ2v) is 18.6. The molecular formula is C43H72BrN9O19S. The molecule has 3 atom stereocenters. The zero-order valence-electron chi connectivity index (χ0n) is 41.3. The molecule has 0 aromatic carbocycles. The maximum Gasteiger partial charge on any atom is 0.326 e. The van der Waals surface area contributed by atoms with Gasteiger partial charge in [-0.25, -0.2) is 13.2 Å². The number of carboxylic acids is 3. The quantitative estimate of drug-likeness (QED) is 0.0285. The summed E-state index contributed by atoms with van der Waals surface area (Å²) in [7, 11) is -2.42. The van der Waals surface area contributed by atoms with Crippen molar-refractivity contribution >= 4 is 85.0 Å². The summed E-state index contributed by atoms with van der Waals surface area (Å²) in [5, 5.41) is 50.5. The highest BCUT2D eigenvalue weighted by Crippen LogP contribution is 2.13. The van der Waals surface area contributed by atoms with E-state index in [-0.39, 0.29) is 139 Å². The number of carbonyl (C=O) groups is 10. The number of tetrazole rings is 1. The predicted molar refractivity (Wildman–Crippen MR) is 259 cm³/mol. The third-order valence-electron chi connectivity index (χ3n) is 9.93. The van der Waals surface area contributed by atoms with Crippen LogP contribution in [0.15, 0.2) is 0 Å². The van der Waals surface area contributed by atoms with Gasteiger partial charge in [0.25, 0.3) is 0 Å². The number of aromatic amines is 1.